The number of phenols is 3. The van der Waals surface area contributed by atoms with Crippen LogP contribution in [0.1, 0.15) is 28.4 Å². The van der Waals surface area contributed by atoms with Gasteiger partial charge in [-0.1, -0.05) is 0 Å². The third-order valence-corrected chi connectivity index (χ3v) is 5.43. The van der Waals surface area contributed by atoms with E-state index in [4.69, 9.17) is 14.2 Å². The van der Waals surface area contributed by atoms with E-state index in [1.807, 2.05) is 0 Å². The van der Waals surface area contributed by atoms with Gasteiger partial charge in [0.2, 0.25) is 6.29 Å². The number of carbonyl (C=O) groups is 1. The summed E-state index contributed by atoms with van der Waals surface area (Å²) < 4.78 is 16.5. The third kappa shape index (κ3) is 3.92. The van der Waals surface area contributed by atoms with Crippen LogP contribution in [-0.2, 0) is 4.74 Å². The number of benzene rings is 2. The fraction of sp³-hybridized carbons (Fsp3) is 0.381. The Morgan fingerprint density at radius 1 is 0.969 bits per heavy atom. The number of ketones is 1. The second-order valence-electron chi connectivity index (χ2n) is 7.61. The van der Waals surface area contributed by atoms with Gasteiger partial charge in [0.25, 0.3) is 0 Å². The molecule has 7 N–H and O–H groups in total. The van der Waals surface area contributed by atoms with Crippen LogP contribution in [0.25, 0.3) is 0 Å². The van der Waals surface area contributed by atoms with Gasteiger partial charge in [0, 0.05) is 17.7 Å². The molecule has 11 nitrogen and oxygen atoms in total. The summed E-state index contributed by atoms with van der Waals surface area (Å²) in [5.74, 6) is -1.45. The number of aromatic hydroxyl groups is 3. The Kier molecular flexibility index (Phi) is 5.84. The Hall–Kier alpha value is -3.09. The van der Waals surface area contributed by atoms with E-state index in [9.17, 15) is 40.5 Å². The minimum atomic E-state index is -1.68. The van der Waals surface area contributed by atoms with E-state index in [0.29, 0.717) is 0 Å². The zero-order chi connectivity index (χ0) is 23.2. The van der Waals surface area contributed by atoms with Crippen molar-refractivity contribution in [2.75, 3.05) is 6.61 Å². The van der Waals surface area contributed by atoms with Gasteiger partial charge in [-0.25, -0.2) is 0 Å². The fourth-order valence-corrected chi connectivity index (χ4v) is 3.75. The third-order valence-electron chi connectivity index (χ3n) is 5.43. The quantitative estimate of drug-likeness (QED) is 0.303. The molecule has 2 aromatic rings. The lowest BCUT2D eigenvalue weighted by Crippen LogP contribution is -2.60. The van der Waals surface area contributed by atoms with E-state index in [2.05, 4.69) is 0 Å². The van der Waals surface area contributed by atoms with Gasteiger partial charge >= 0.3 is 0 Å². The van der Waals surface area contributed by atoms with E-state index < -0.39 is 54.9 Å². The molecule has 1 saturated heterocycles. The Morgan fingerprint density at radius 3 is 2.44 bits per heavy atom. The number of aliphatic hydroxyl groups excluding tert-OH is 4. The van der Waals surface area contributed by atoms with Crippen molar-refractivity contribution in [1.29, 1.82) is 0 Å². The van der Waals surface area contributed by atoms with Crippen molar-refractivity contribution in [3.05, 3.63) is 41.5 Å². The molecule has 2 heterocycles. The first kappa shape index (κ1) is 22.1. The minimum Gasteiger partial charge on any atom is -0.508 e. The first-order chi connectivity index (χ1) is 15.2. The van der Waals surface area contributed by atoms with Crippen LogP contribution in [0.15, 0.2) is 30.3 Å². The number of ether oxygens (including phenoxy) is 3. The SMILES string of the molecule is O=C1C[C@@H](c2cc(O)ccc2O)Oc2cc(O[C@@H]3O[C@H](CO)[C@@H](O)[C@H](O)[C@H]3O)cc(O)c21. The predicted molar refractivity (Wildman–Crippen MR) is 105 cm³/mol. The summed E-state index contributed by atoms with van der Waals surface area (Å²) in [5.41, 5.74) is 0.0609. The van der Waals surface area contributed by atoms with Crippen molar-refractivity contribution in [1.82, 2.24) is 0 Å². The van der Waals surface area contributed by atoms with Crippen molar-refractivity contribution in [3.8, 4) is 28.7 Å². The Bertz CT molecular complexity index is 1020. The van der Waals surface area contributed by atoms with Crippen molar-refractivity contribution in [2.24, 2.45) is 0 Å². The number of hydrogen-bond acceptors (Lipinski definition) is 11. The number of phenolic OH excluding ortho intramolecular Hbond substituents is 3. The molecule has 2 aliphatic heterocycles. The number of rotatable bonds is 4. The first-order valence-corrected chi connectivity index (χ1v) is 9.75. The molecule has 0 radical (unpaired) electrons. The topological polar surface area (TPSA) is 186 Å². The Balaban J connectivity index is 1.62. The van der Waals surface area contributed by atoms with Gasteiger partial charge in [0.1, 0.15) is 64.8 Å². The van der Waals surface area contributed by atoms with E-state index in [1.165, 1.54) is 24.3 Å². The van der Waals surface area contributed by atoms with Crippen LogP contribution in [0, 0.1) is 0 Å². The van der Waals surface area contributed by atoms with E-state index in [1.54, 1.807) is 0 Å². The number of hydrogen-bond donors (Lipinski definition) is 7. The summed E-state index contributed by atoms with van der Waals surface area (Å²) in [6, 6.07) is 6.13. The molecule has 2 aliphatic rings. The molecule has 172 valence electrons. The summed E-state index contributed by atoms with van der Waals surface area (Å²) in [5, 5.41) is 69.3. The average molecular weight is 450 g/mol. The molecule has 4 rings (SSSR count). The van der Waals surface area contributed by atoms with Crippen LogP contribution >= 0.6 is 0 Å². The zero-order valence-electron chi connectivity index (χ0n) is 16.5. The van der Waals surface area contributed by atoms with Gasteiger partial charge in [0.05, 0.1) is 13.0 Å². The van der Waals surface area contributed by atoms with E-state index in [-0.39, 0.29) is 40.5 Å². The Morgan fingerprint density at radius 2 is 1.72 bits per heavy atom. The molecule has 0 aliphatic carbocycles. The molecule has 32 heavy (non-hydrogen) atoms. The largest absolute Gasteiger partial charge is 0.508 e. The first-order valence-electron chi connectivity index (χ1n) is 9.75. The predicted octanol–water partition coefficient (Wildman–Crippen LogP) is -0.311. The maximum atomic E-state index is 12.6. The molecular weight excluding hydrogens is 428 g/mol. The van der Waals surface area contributed by atoms with Crippen molar-refractivity contribution >= 4 is 5.78 Å². The molecule has 0 spiro atoms. The summed E-state index contributed by atoms with van der Waals surface area (Å²) in [7, 11) is 0. The van der Waals surface area contributed by atoms with Crippen molar-refractivity contribution in [3.63, 3.8) is 0 Å². The Labute approximate surface area is 181 Å². The van der Waals surface area contributed by atoms with Crippen LogP contribution in [0.3, 0.4) is 0 Å². The number of aliphatic hydroxyl groups is 4. The highest BCUT2D eigenvalue weighted by molar-refractivity contribution is 6.02. The molecule has 0 amide bonds. The van der Waals surface area contributed by atoms with Crippen LogP contribution in [0.4, 0.5) is 0 Å². The summed E-state index contributed by atoms with van der Waals surface area (Å²) in [6.07, 6.45) is -8.76. The molecule has 0 unspecified atom stereocenters. The monoisotopic (exact) mass is 450 g/mol. The van der Waals surface area contributed by atoms with Gasteiger partial charge in [-0.2, -0.15) is 0 Å². The standard InChI is InChI=1S/C21H22O11/c22-7-16-18(27)19(28)20(29)21(32-16)30-9-4-12(25)17-13(26)6-14(31-15(17)5-9)10-3-8(23)1-2-11(10)24/h1-5,14,16,18-25,27-29H,6-7H2/t14-,16+,18+,19-,20+,21+/m0/s1. The van der Waals surface area contributed by atoms with Crippen LogP contribution < -0.4 is 9.47 Å². The number of Topliss-reactive ketones (excluding diaryl/α,β-unsaturated/α-hetero) is 1. The van der Waals surface area contributed by atoms with Crippen LogP contribution in [0.5, 0.6) is 28.7 Å². The molecule has 2 aromatic carbocycles. The lowest BCUT2D eigenvalue weighted by Gasteiger charge is -2.39. The van der Waals surface area contributed by atoms with Gasteiger partial charge < -0.3 is 50.0 Å². The van der Waals surface area contributed by atoms with Gasteiger partial charge in [0.15, 0.2) is 5.78 Å². The molecule has 1 fully saturated rings. The lowest BCUT2D eigenvalue weighted by molar-refractivity contribution is -0.277. The lowest BCUT2D eigenvalue weighted by atomic mass is 9.95. The minimum absolute atomic E-state index is 0.0754. The van der Waals surface area contributed by atoms with E-state index >= 15 is 0 Å². The highest BCUT2D eigenvalue weighted by Crippen LogP contribution is 2.44. The van der Waals surface area contributed by atoms with Crippen molar-refractivity contribution < 1.29 is 54.8 Å². The van der Waals surface area contributed by atoms with Crippen molar-refractivity contribution in [2.45, 2.75) is 43.2 Å². The van der Waals surface area contributed by atoms with Crippen LogP contribution in [-0.4, -0.2) is 78.8 Å². The molecular formula is C21H22O11. The highest BCUT2D eigenvalue weighted by Gasteiger charge is 2.45. The average Bonchev–Trinajstić information content (AvgIpc) is 2.75. The second kappa shape index (κ2) is 8.45. The molecule has 0 saturated carbocycles. The highest BCUT2D eigenvalue weighted by atomic mass is 16.7. The van der Waals surface area contributed by atoms with Crippen LogP contribution in [0.2, 0.25) is 0 Å². The fourth-order valence-electron chi connectivity index (χ4n) is 3.75. The number of fused-ring (bicyclic) bond motifs is 1. The molecule has 6 atom stereocenters. The summed E-state index contributed by atoms with van der Waals surface area (Å²) >= 11 is 0. The smallest absolute Gasteiger partial charge is 0.229 e. The zero-order valence-corrected chi connectivity index (χ0v) is 16.5. The van der Waals surface area contributed by atoms with Gasteiger partial charge in [-0.3, -0.25) is 4.79 Å². The van der Waals surface area contributed by atoms with E-state index in [0.717, 1.165) is 6.07 Å². The summed E-state index contributed by atoms with van der Waals surface area (Å²) in [6.45, 7) is -0.646. The van der Waals surface area contributed by atoms with Gasteiger partial charge in [-0.15, -0.1) is 0 Å². The summed E-state index contributed by atoms with van der Waals surface area (Å²) in [4.78, 5) is 12.6. The normalized spacial score (nSPS) is 29.8. The number of carbonyl (C=O) groups excluding carboxylic acids is 1. The molecule has 0 aromatic heterocycles. The molecule has 0 bridgehead atoms. The maximum absolute atomic E-state index is 12.6. The maximum Gasteiger partial charge on any atom is 0.229 e. The van der Waals surface area contributed by atoms with Gasteiger partial charge in [-0.05, 0) is 18.2 Å². The second-order valence-corrected chi connectivity index (χ2v) is 7.61. The molecule has 11 heteroatoms.